The van der Waals surface area contributed by atoms with E-state index in [1.165, 1.54) is 0 Å². The predicted octanol–water partition coefficient (Wildman–Crippen LogP) is 3.63. The molecule has 0 unspecified atom stereocenters. The standard InChI is InChI=1S/C14H13ClIN3O/c1-18-14(20)8-2-4-11(17)13(6-8)19-12-5-3-9(15)7-10(12)16/h2-7,19H,17H2,1H3,(H,18,20). The molecule has 4 nitrogen and oxygen atoms in total. The van der Waals surface area contributed by atoms with Crippen molar-refractivity contribution in [2.75, 3.05) is 18.1 Å². The van der Waals surface area contributed by atoms with Crippen molar-refractivity contribution < 1.29 is 4.79 Å². The molecule has 2 rings (SSSR count). The summed E-state index contributed by atoms with van der Waals surface area (Å²) < 4.78 is 0.972. The van der Waals surface area contributed by atoms with Crippen molar-refractivity contribution in [3.8, 4) is 0 Å². The molecule has 4 N–H and O–H groups in total. The molecule has 0 bridgehead atoms. The average Bonchev–Trinajstić information content (AvgIpc) is 2.43. The summed E-state index contributed by atoms with van der Waals surface area (Å²) in [6.07, 6.45) is 0. The van der Waals surface area contributed by atoms with Crippen LogP contribution in [0.5, 0.6) is 0 Å². The van der Waals surface area contributed by atoms with Gasteiger partial charge in [0.25, 0.3) is 5.91 Å². The molecular formula is C14H13ClIN3O. The maximum Gasteiger partial charge on any atom is 0.251 e. The van der Waals surface area contributed by atoms with Crippen molar-refractivity contribution in [3.05, 3.63) is 50.6 Å². The number of anilines is 3. The smallest absolute Gasteiger partial charge is 0.251 e. The summed E-state index contributed by atoms with van der Waals surface area (Å²) >= 11 is 8.11. The van der Waals surface area contributed by atoms with Crippen LogP contribution in [0.3, 0.4) is 0 Å². The van der Waals surface area contributed by atoms with E-state index in [1.54, 1.807) is 31.3 Å². The molecule has 0 radical (unpaired) electrons. The maximum atomic E-state index is 11.6. The van der Waals surface area contributed by atoms with Crippen molar-refractivity contribution in [2.24, 2.45) is 0 Å². The lowest BCUT2D eigenvalue weighted by Gasteiger charge is -2.12. The highest BCUT2D eigenvalue weighted by molar-refractivity contribution is 14.1. The van der Waals surface area contributed by atoms with E-state index in [2.05, 4.69) is 33.2 Å². The summed E-state index contributed by atoms with van der Waals surface area (Å²) in [5, 5.41) is 6.47. The summed E-state index contributed by atoms with van der Waals surface area (Å²) in [5.74, 6) is -0.154. The Bertz CT molecular complexity index is 661. The molecule has 6 heteroatoms. The lowest BCUT2D eigenvalue weighted by atomic mass is 10.1. The number of nitrogens with one attached hydrogen (secondary N) is 2. The minimum Gasteiger partial charge on any atom is -0.397 e. The van der Waals surface area contributed by atoms with Gasteiger partial charge in [0.1, 0.15) is 0 Å². The minimum atomic E-state index is -0.154. The largest absolute Gasteiger partial charge is 0.397 e. The first-order chi connectivity index (χ1) is 9.51. The number of benzene rings is 2. The van der Waals surface area contributed by atoms with Crippen LogP contribution in [0, 0.1) is 3.57 Å². The minimum absolute atomic E-state index is 0.154. The van der Waals surface area contributed by atoms with E-state index in [1.807, 2.05) is 12.1 Å². The molecule has 2 aromatic rings. The van der Waals surface area contributed by atoms with Crippen molar-refractivity contribution in [2.45, 2.75) is 0 Å². The summed E-state index contributed by atoms with van der Waals surface area (Å²) in [7, 11) is 1.59. The first-order valence-corrected chi connectivity index (χ1v) is 7.30. The summed E-state index contributed by atoms with van der Waals surface area (Å²) in [4.78, 5) is 11.6. The fourth-order valence-electron chi connectivity index (χ4n) is 1.69. The van der Waals surface area contributed by atoms with Crippen molar-refractivity contribution in [1.29, 1.82) is 0 Å². The molecule has 0 heterocycles. The second-order valence-corrected chi connectivity index (χ2v) is 5.73. The quantitative estimate of drug-likeness (QED) is 0.543. The average molecular weight is 402 g/mol. The highest BCUT2D eigenvalue weighted by Crippen LogP contribution is 2.29. The van der Waals surface area contributed by atoms with Crippen LogP contribution < -0.4 is 16.4 Å². The van der Waals surface area contributed by atoms with Crippen LogP contribution in [0.1, 0.15) is 10.4 Å². The summed E-state index contributed by atoms with van der Waals surface area (Å²) in [5.41, 5.74) is 8.63. The van der Waals surface area contributed by atoms with Crippen molar-refractivity contribution in [3.63, 3.8) is 0 Å². The van der Waals surface area contributed by atoms with Crippen LogP contribution >= 0.6 is 34.2 Å². The number of carbonyl (C=O) groups is 1. The Kier molecular flexibility index (Phi) is 4.72. The lowest BCUT2D eigenvalue weighted by molar-refractivity contribution is 0.0963. The van der Waals surface area contributed by atoms with Gasteiger partial charge in [-0.25, -0.2) is 0 Å². The molecule has 20 heavy (non-hydrogen) atoms. The zero-order valence-electron chi connectivity index (χ0n) is 10.7. The van der Waals surface area contributed by atoms with Gasteiger partial charge in [-0.3, -0.25) is 4.79 Å². The Balaban J connectivity index is 2.35. The third-order valence-electron chi connectivity index (χ3n) is 2.74. The molecule has 0 aliphatic rings. The van der Waals surface area contributed by atoms with Crippen LogP contribution in [0.25, 0.3) is 0 Å². The molecular weight excluding hydrogens is 389 g/mol. The van der Waals surface area contributed by atoms with Crippen molar-refractivity contribution in [1.82, 2.24) is 5.32 Å². The van der Waals surface area contributed by atoms with E-state index in [0.717, 1.165) is 9.26 Å². The molecule has 0 saturated carbocycles. The second-order valence-electron chi connectivity index (χ2n) is 4.13. The summed E-state index contributed by atoms with van der Waals surface area (Å²) in [6.45, 7) is 0. The van der Waals surface area contributed by atoms with Gasteiger partial charge in [-0.05, 0) is 59.0 Å². The number of rotatable bonds is 3. The Morgan fingerprint density at radius 3 is 2.60 bits per heavy atom. The van der Waals surface area contributed by atoms with Crippen LogP contribution in [0.4, 0.5) is 17.1 Å². The zero-order valence-corrected chi connectivity index (χ0v) is 13.6. The van der Waals surface area contributed by atoms with Gasteiger partial charge < -0.3 is 16.4 Å². The monoisotopic (exact) mass is 401 g/mol. The Hall–Kier alpha value is -1.47. The highest BCUT2D eigenvalue weighted by Gasteiger charge is 2.08. The molecule has 2 aromatic carbocycles. The molecule has 0 atom stereocenters. The van der Waals surface area contributed by atoms with Gasteiger partial charge in [-0.2, -0.15) is 0 Å². The van der Waals surface area contributed by atoms with Gasteiger partial charge in [0.2, 0.25) is 0 Å². The van der Waals surface area contributed by atoms with E-state index in [0.29, 0.717) is 22.0 Å². The molecule has 0 spiro atoms. The number of hydrogen-bond acceptors (Lipinski definition) is 3. The SMILES string of the molecule is CNC(=O)c1ccc(N)c(Nc2ccc(Cl)cc2I)c1. The number of nitrogens with two attached hydrogens (primary N) is 1. The van der Waals surface area contributed by atoms with E-state index in [-0.39, 0.29) is 5.91 Å². The fraction of sp³-hybridized carbons (Fsp3) is 0.0714. The third kappa shape index (κ3) is 3.34. The number of carbonyl (C=O) groups excluding carboxylic acids is 1. The van der Waals surface area contributed by atoms with Crippen molar-refractivity contribution >= 4 is 57.2 Å². The topological polar surface area (TPSA) is 67.2 Å². The van der Waals surface area contributed by atoms with E-state index >= 15 is 0 Å². The second kappa shape index (κ2) is 6.32. The number of amides is 1. The maximum absolute atomic E-state index is 11.6. The Labute approximate surface area is 135 Å². The van der Waals surface area contributed by atoms with Crippen LogP contribution in [0.2, 0.25) is 5.02 Å². The Morgan fingerprint density at radius 2 is 1.95 bits per heavy atom. The molecule has 1 amide bonds. The molecule has 0 aliphatic carbocycles. The van der Waals surface area contributed by atoms with Gasteiger partial charge in [0.15, 0.2) is 0 Å². The summed E-state index contributed by atoms with van der Waals surface area (Å²) in [6, 6.07) is 10.6. The number of hydrogen-bond donors (Lipinski definition) is 3. The number of halogens is 2. The van der Waals surface area contributed by atoms with Gasteiger partial charge in [-0.1, -0.05) is 11.6 Å². The van der Waals surface area contributed by atoms with Crippen LogP contribution in [-0.4, -0.2) is 13.0 Å². The molecule has 0 saturated heterocycles. The van der Waals surface area contributed by atoms with E-state index < -0.39 is 0 Å². The molecule has 0 aromatic heterocycles. The predicted molar refractivity (Wildman–Crippen MR) is 91.7 cm³/mol. The van der Waals surface area contributed by atoms with Gasteiger partial charge >= 0.3 is 0 Å². The first-order valence-electron chi connectivity index (χ1n) is 5.85. The van der Waals surface area contributed by atoms with Gasteiger partial charge in [0.05, 0.1) is 17.1 Å². The number of nitrogen functional groups attached to an aromatic ring is 1. The van der Waals surface area contributed by atoms with E-state index in [4.69, 9.17) is 17.3 Å². The molecule has 0 aliphatic heterocycles. The van der Waals surface area contributed by atoms with Crippen LogP contribution in [-0.2, 0) is 0 Å². The molecule has 0 fully saturated rings. The third-order valence-corrected chi connectivity index (χ3v) is 3.87. The van der Waals surface area contributed by atoms with E-state index in [9.17, 15) is 4.79 Å². The van der Waals surface area contributed by atoms with Gasteiger partial charge in [0, 0.05) is 21.2 Å². The Morgan fingerprint density at radius 1 is 1.20 bits per heavy atom. The molecule has 104 valence electrons. The van der Waals surface area contributed by atoms with Crippen LogP contribution in [0.15, 0.2) is 36.4 Å². The first kappa shape index (κ1) is 14.9. The highest BCUT2D eigenvalue weighted by atomic mass is 127. The zero-order chi connectivity index (χ0) is 14.7. The fourth-order valence-corrected chi connectivity index (χ4v) is 2.69. The normalized spacial score (nSPS) is 10.2. The van der Waals surface area contributed by atoms with Gasteiger partial charge in [-0.15, -0.1) is 0 Å². The lowest BCUT2D eigenvalue weighted by Crippen LogP contribution is -2.18.